The maximum atomic E-state index is 11.0. The van der Waals surface area contributed by atoms with E-state index in [2.05, 4.69) is 4.98 Å². The van der Waals surface area contributed by atoms with Gasteiger partial charge in [0.25, 0.3) is 0 Å². The minimum atomic E-state index is -1.01. The second-order valence-corrected chi connectivity index (χ2v) is 3.97. The number of hydrogen-bond donors (Lipinski definition) is 1. The molecular weight excluding hydrogens is 208 g/mol. The van der Waals surface area contributed by atoms with Crippen molar-refractivity contribution in [1.29, 1.82) is 0 Å². The molecule has 0 aromatic carbocycles. The van der Waals surface area contributed by atoms with Gasteiger partial charge in [0.1, 0.15) is 0 Å². The maximum Gasteiger partial charge on any atom is 0.360 e. The molecule has 0 saturated carbocycles. The zero-order valence-electron chi connectivity index (χ0n) is 9.40. The van der Waals surface area contributed by atoms with Crippen molar-refractivity contribution in [3.8, 4) is 0 Å². The fourth-order valence-corrected chi connectivity index (χ4v) is 1.96. The van der Waals surface area contributed by atoms with Crippen LogP contribution in [0.15, 0.2) is 4.42 Å². The summed E-state index contributed by atoms with van der Waals surface area (Å²) in [7, 11) is 0. The van der Waals surface area contributed by atoms with Crippen LogP contribution in [0.2, 0.25) is 0 Å². The molecule has 0 spiro atoms. The number of carboxylic acids is 1. The van der Waals surface area contributed by atoms with Gasteiger partial charge >= 0.3 is 5.97 Å². The van der Waals surface area contributed by atoms with Crippen molar-refractivity contribution in [2.75, 3.05) is 18.0 Å². The number of rotatable bonds is 3. The number of aromatic carboxylic acids is 1. The third kappa shape index (κ3) is 2.03. The summed E-state index contributed by atoms with van der Waals surface area (Å²) in [5.41, 5.74) is 0.0544. The molecule has 16 heavy (non-hydrogen) atoms. The number of nitrogens with zero attached hydrogens (tertiary/aromatic N) is 2. The molecule has 0 amide bonds. The Morgan fingerprint density at radius 1 is 1.44 bits per heavy atom. The molecule has 2 heterocycles. The summed E-state index contributed by atoms with van der Waals surface area (Å²) >= 11 is 0. The van der Waals surface area contributed by atoms with Gasteiger partial charge in [-0.05, 0) is 19.3 Å². The van der Waals surface area contributed by atoms with Crippen molar-refractivity contribution in [2.24, 2.45) is 0 Å². The molecule has 1 aromatic heterocycles. The topological polar surface area (TPSA) is 66.6 Å². The smallest absolute Gasteiger partial charge is 0.360 e. The van der Waals surface area contributed by atoms with E-state index in [1.54, 1.807) is 0 Å². The Kier molecular flexibility index (Phi) is 3.12. The SMILES string of the molecule is CCc1nc(C(=O)O)c(N2CCCCC2)o1. The summed E-state index contributed by atoms with van der Waals surface area (Å²) in [5.74, 6) is -0.0777. The molecule has 1 saturated heterocycles. The largest absolute Gasteiger partial charge is 0.476 e. The number of carbonyl (C=O) groups is 1. The van der Waals surface area contributed by atoms with E-state index in [4.69, 9.17) is 9.52 Å². The third-order valence-electron chi connectivity index (χ3n) is 2.80. The molecule has 88 valence electrons. The first kappa shape index (κ1) is 11.0. The van der Waals surface area contributed by atoms with Crippen molar-refractivity contribution < 1.29 is 14.3 Å². The van der Waals surface area contributed by atoms with Crippen LogP contribution >= 0.6 is 0 Å². The summed E-state index contributed by atoms with van der Waals surface area (Å²) in [6, 6.07) is 0. The predicted octanol–water partition coefficient (Wildman–Crippen LogP) is 1.93. The molecule has 1 aliphatic rings. The molecule has 0 radical (unpaired) electrons. The summed E-state index contributed by atoms with van der Waals surface area (Å²) in [6.07, 6.45) is 3.99. The van der Waals surface area contributed by atoms with Crippen molar-refractivity contribution in [2.45, 2.75) is 32.6 Å². The molecule has 2 rings (SSSR count). The van der Waals surface area contributed by atoms with Gasteiger partial charge in [0.05, 0.1) is 0 Å². The number of hydrogen-bond acceptors (Lipinski definition) is 4. The molecule has 5 nitrogen and oxygen atoms in total. The quantitative estimate of drug-likeness (QED) is 0.849. The Balaban J connectivity index is 2.29. The standard InChI is InChI=1S/C11H16N2O3/c1-2-8-12-9(11(14)15)10(16-8)13-6-4-3-5-7-13/h2-7H2,1H3,(H,14,15). The van der Waals surface area contributed by atoms with Gasteiger partial charge < -0.3 is 14.4 Å². The lowest BCUT2D eigenvalue weighted by Gasteiger charge is -2.26. The fourth-order valence-electron chi connectivity index (χ4n) is 1.96. The lowest BCUT2D eigenvalue weighted by molar-refractivity contribution is 0.0691. The average molecular weight is 224 g/mol. The van der Waals surface area contributed by atoms with E-state index in [-0.39, 0.29) is 5.69 Å². The minimum absolute atomic E-state index is 0.0544. The van der Waals surface area contributed by atoms with Gasteiger partial charge in [-0.3, -0.25) is 0 Å². The van der Waals surface area contributed by atoms with E-state index in [0.29, 0.717) is 18.2 Å². The summed E-state index contributed by atoms with van der Waals surface area (Å²) < 4.78 is 5.50. The van der Waals surface area contributed by atoms with Crippen LogP contribution in [0.25, 0.3) is 0 Å². The van der Waals surface area contributed by atoms with E-state index in [1.807, 2.05) is 11.8 Å². The first-order valence-electron chi connectivity index (χ1n) is 5.70. The number of carboxylic acid groups (broad SMARTS) is 1. The van der Waals surface area contributed by atoms with Crippen molar-refractivity contribution in [3.05, 3.63) is 11.6 Å². The first-order valence-corrected chi connectivity index (χ1v) is 5.70. The van der Waals surface area contributed by atoms with Gasteiger partial charge in [0.2, 0.25) is 11.6 Å². The van der Waals surface area contributed by atoms with Crippen molar-refractivity contribution in [1.82, 2.24) is 4.98 Å². The molecule has 1 fully saturated rings. The molecule has 1 N–H and O–H groups in total. The Morgan fingerprint density at radius 3 is 2.69 bits per heavy atom. The van der Waals surface area contributed by atoms with Crippen LogP contribution < -0.4 is 4.90 Å². The Morgan fingerprint density at radius 2 is 2.12 bits per heavy atom. The lowest BCUT2D eigenvalue weighted by atomic mass is 10.1. The highest BCUT2D eigenvalue weighted by molar-refractivity contribution is 5.90. The van der Waals surface area contributed by atoms with Crippen molar-refractivity contribution >= 4 is 11.9 Å². The van der Waals surface area contributed by atoms with Gasteiger partial charge in [-0.15, -0.1) is 0 Å². The van der Waals surface area contributed by atoms with Crippen LogP contribution in [0.1, 0.15) is 42.6 Å². The Labute approximate surface area is 94.1 Å². The zero-order chi connectivity index (χ0) is 11.5. The summed E-state index contributed by atoms with van der Waals surface area (Å²) in [5, 5.41) is 9.06. The molecule has 0 aliphatic carbocycles. The Hall–Kier alpha value is -1.52. The average Bonchev–Trinajstić information content (AvgIpc) is 2.74. The van der Waals surface area contributed by atoms with Crippen LogP contribution in [-0.2, 0) is 6.42 Å². The monoisotopic (exact) mass is 224 g/mol. The number of anilines is 1. The van der Waals surface area contributed by atoms with E-state index < -0.39 is 5.97 Å². The highest BCUT2D eigenvalue weighted by atomic mass is 16.4. The van der Waals surface area contributed by atoms with Crippen LogP contribution in [0.3, 0.4) is 0 Å². The van der Waals surface area contributed by atoms with Crippen LogP contribution in [-0.4, -0.2) is 29.1 Å². The van der Waals surface area contributed by atoms with E-state index in [9.17, 15) is 4.79 Å². The van der Waals surface area contributed by atoms with Gasteiger partial charge in [-0.25, -0.2) is 9.78 Å². The minimum Gasteiger partial charge on any atom is -0.476 e. The van der Waals surface area contributed by atoms with Gasteiger partial charge in [0, 0.05) is 19.5 Å². The van der Waals surface area contributed by atoms with Crippen molar-refractivity contribution in [3.63, 3.8) is 0 Å². The lowest BCUT2D eigenvalue weighted by Crippen LogP contribution is -2.30. The summed E-state index contributed by atoms with van der Waals surface area (Å²) in [6.45, 7) is 3.62. The van der Waals surface area contributed by atoms with E-state index in [1.165, 1.54) is 6.42 Å². The number of aromatic nitrogens is 1. The molecule has 0 unspecified atom stereocenters. The van der Waals surface area contributed by atoms with Crippen LogP contribution in [0.4, 0.5) is 5.88 Å². The number of piperidine rings is 1. The van der Waals surface area contributed by atoms with Crippen LogP contribution in [0.5, 0.6) is 0 Å². The second-order valence-electron chi connectivity index (χ2n) is 3.97. The van der Waals surface area contributed by atoms with E-state index >= 15 is 0 Å². The molecule has 0 bridgehead atoms. The Bertz CT molecular complexity index is 381. The zero-order valence-corrected chi connectivity index (χ0v) is 9.40. The highest BCUT2D eigenvalue weighted by Gasteiger charge is 2.24. The first-order chi connectivity index (χ1) is 7.72. The van der Waals surface area contributed by atoms with Gasteiger partial charge in [0.15, 0.2) is 5.89 Å². The summed E-state index contributed by atoms with van der Waals surface area (Å²) in [4.78, 5) is 17.0. The highest BCUT2D eigenvalue weighted by Crippen LogP contribution is 2.25. The molecule has 1 aromatic rings. The molecule has 1 aliphatic heterocycles. The van der Waals surface area contributed by atoms with Crippen LogP contribution in [0, 0.1) is 0 Å². The second kappa shape index (κ2) is 4.55. The van der Waals surface area contributed by atoms with E-state index in [0.717, 1.165) is 25.9 Å². The molecule has 0 atom stereocenters. The maximum absolute atomic E-state index is 11.0. The molecule has 5 heteroatoms. The predicted molar refractivity (Wildman–Crippen MR) is 58.9 cm³/mol. The third-order valence-corrected chi connectivity index (χ3v) is 2.80. The van der Waals surface area contributed by atoms with Gasteiger partial charge in [-0.1, -0.05) is 6.92 Å². The van der Waals surface area contributed by atoms with Gasteiger partial charge in [-0.2, -0.15) is 0 Å². The number of oxazole rings is 1. The fraction of sp³-hybridized carbons (Fsp3) is 0.636. The molecular formula is C11H16N2O3. The normalized spacial score (nSPS) is 16.4. The number of aryl methyl sites for hydroxylation is 1.